The minimum atomic E-state index is 0. The Kier molecular flexibility index (Phi) is 11.9. The predicted molar refractivity (Wildman–Crippen MR) is 123 cm³/mol. The Balaban J connectivity index is 0.00000364. The molecule has 1 aliphatic heterocycles. The Bertz CT molecular complexity index is 585. The van der Waals surface area contributed by atoms with Gasteiger partial charge in [0.2, 0.25) is 11.8 Å². The summed E-state index contributed by atoms with van der Waals surface area (Å²) in [7, 11) is 5.19. The summed E-state index contributed by atoms with van der Waals surface area (Å²) in [5.41, 5.74) is 0. The van der Waals surface area contributed by atoms with Crippen molar-refractivity contribution in [1.29, 1.82) is 0 Å². The number of nitrogens with zero attached hydrogens (tertiary/aromatic N) is 5. The number of anilines is 1. The van der Waals surface area contributed by atoms with Crippen LogP contribution in [-0.2, 0) is 4.74 Å². The normalized spacial score (nSPS) is 14.7. The highest BCUT2D eigenvalue weighted by molar-refractivity contribution is 14.0. The van der Waals surface area contributed by atoms with Crippen LogP contribution in [0.4, 0.5) is 5.95 Å². The molecule has 10 heteroatoms. The van der Waals surface area contributed by atoms with Crippen LogP contribution in [0, 0.1) is 0 Å². The van der Waals surface area contributed by atoms with E-state index in [1.165, 1.54) is 0 Å². The monoisotopic (exact) mass is 556 g/mol. The first-order chi connectivity index (χ1) is 12.7. The van der Waals surface area contributed by atoms with E-state index in [1.807, 2.05) is 7.05 Å². The number of guanidine groups is 1. The molecule has 0 saturated carbocycles. The van der Waals surface area contributed by atoms with Gasteiger partial charge in [-0.3, -0.25) is 4.99 Å². The third-order valence-corrected chi connectivity index (χ3v) is 4.82. The summed E-state index contributed by atoms with van der Waals surface area (Å²) in [6.07, 6.45) is 5.12. The molecule has 2 heterocycles. The Hall–Kier alpha value is -0.880. The standard InChI is InChI=1S/C17H29BrN6O2.HI/c1-19-16(20-7-5-4-6-12-25-2)23-8-10-24(11-9-23)17-21-13-14(18)15(22-17)26-3;/h13H,4-12H2,1-3H3,(H,19,20);1H. The van der Waals surface area contributed by atoms with Crippen molar-refractivity contribution in [2.75, 3.05) is 65.5 Å². The molecular weight excluding hydrogens is 527 g/mol. The molecular formula is C17H30BrIN6O2. The summed E-state index contributed by atoms with van der Waals surface area (Å²) < 4.78 is 11.1. The molecule has 1 aromatic heterocycles. The highest BCUT2D eigenvalue weighted by atomic mass is 127. The lowest BCUT2D eigenvalue weighted by Gasteiger charge is -2.36. The zero-order valence-corrected chi connectivity index (χ0v) is 20.2. The lowest BCUT2D eigenvalue weighted by Crippen LogP contribution is -2.53. The van der Waals surface area contributed by atoms with Crippen molar-refractivity contribution in [2.45, 2.75) is 19.3 Å². The van der Waals surface area contributed by atoms with E-state index in [0.717, 1.165) is 69.0 Å². The van der Waals surface area contributed by atoms with Crippen molar-refractivity contribution in [3.05, 3.63) is 10.7 Å². The molecule has 0 aromatic carbocycles. The molecule has 0 radical (unpaired) electrons. The molecule has 27 heavy (non-hydrogen) atoms. The van der Waals surface area contributed by atoms with E-state index in [0.29, 0.717) is 11.8 Å². The third kappa shape index (κ3) is 7.57. The van der Waals surface area contributed by atoms with Gasteiger partial charge in [-0.05, 0) is 35.2 Å². The molecule has 8 nitrogen and oxygen atoms in total. The average Bonchev–Trinajstić information content (AvgIpc) is 2.68. The first kappa shape index (κ1) is 24.2. The van der Waals surface area contributed by atoms with E-state index in [4.69, 9.17) is 9.47 Å². The first-order valence-electron chi connectivity index (χ1n) is 8.95. The minimum absolute atomic E-state index is 0. The van der Waals surface area contributed by atoms with Crippen LogP contribution < -0.4 is 15.0 Å². The number of halogens is 2. The summed E-state index contributed by atoms with van der Waals surface area (Å²) >= 11 is 3.39. The largest absolute Gasteiger partial charge is 0.480 e. The molecule has 0 atom stereocenters. The first-order valence-corrected chi connectivity index (χ1v) is 9.75. The summed E-state index contributed by atoms with van der Waals surface area (Å²) in [5.74, 6) is 2.22. The number of rotatable bonds is 8. The van der Waals surface area contributed by atoms with Gasteiger partial charge in [-0.15, -0.1) is 24.0 Å². The summed E-state index contributed by atoms with van der Waals surface area (Å²) in [5, 5.41) is 3.46. The SMILES string of the molecule is CN=C(NCCCCCOC)N1CCN(c2ncc(Br)c(OC)n2)CC1.I. The van der Waals surface area contributed by atoms with Crippen molar-refractivity contribution in [3.63, 3.8) is 0 Å². The van der Waals surface area contributed by atoms with E-state index in [-0.39, 0.29) is 24.0 Å². The van der Waals surface area contributed by atoms with Crippen LogP contribution in [0.15, 0.2) is 15.7 Å². The highest BCUT2D eigenvalue weighted by Gasteiger charge is 2.22. The maximum absolute atomic E-state index is 5.26. The number of hydrogen-bond acceptors (Lipinski definition) is 6. The van der Waals surface area contributed by atoms with E-state index in [1.54, 1.807) is 20.4 Å². The zero-order valence-electron chi connectivity index (χ0n) is 16.3. The van der Waals surface area contributed by atoms with Crippen LogP contribution in [-0.4, -0.2) is 81.4 Å². The van der Waals surface area contributed by atoms with Crippen LogP contribution in [0.2, 0.25) is 0 Å². The number of aromatic nitrogens is 2. The summed E-state index contributed by atoms with van der Waals surface area (Å²) in [4.78, 5) is 17.7. The molecule has 0 bridgehead atoms. The summed E-state index contributed by atoms with van der Waals surface area (Å²) in [6, 6.07) is 0. The second-order valence-electron chi connectivity index (χ2n) is 6.03. The molecule has 154 valence electrons. The lowest BCUT2D eigenvalue weighted by atomic mass is 10.2. The fraction of sp³-hybridized carbons (Fsp3) is 0.706. The van der Waals surface area contributed by atoms with Crippen molar-refractivity contribution in [1.82, 2.24) is 20.2 Å². The van der Waals surface area contributed by atoms with Crippen LogP contribution in [0.3, 0.4) is 0 Å². The fourth-order valence-corrected chi connectivity index (χ4v) is 3.19. The van der Waals surface area contributed by atoms with Crippen molar-refractivity contribution in [3.8, 4) is 5.88 Å². The number of hydrogen-bond donors (Lipinski definition) is 1. The molecule has 1 fully saturated rings. The van der Waals surface area contributed by atoms with Gasteiger partial charge in [0.15, 0.2) is 5.96 Å². The van der Waals surface area contributed by atoms with Crippen LogP contribution in [0.25, 0.3) is 0 Å². The number of nitrogens with one attached hydrogen (secondary N) is 1. The average molecular weight is 557 g/mol. The van der Waals surface area contributed by atoms with Gasteiger partial charge in [0.25, 0.3) is 0 Å². The Morgan fingerprint density at radius 2 is 1.96 bits per heavy atom. The Morgan fingerprint density at radius 1 is 1.22 bits per heavy atom. The van der Waals surface area contributed by atoms with Crippen molar-refractivity contribution < 1.29 is 9.47 Å². The lowest BCUT2D eigenvalue weighted by molar-refractivity contribution is 0.192. The maximum Gasteiger partial charge on any atom is 0.232 e. The number of aliphatic imine (C=N–C) groups is 1. The van der Waals surface area contributed by atoms with E-state index >= 15 is 0 Å². The van der Waals surface area contributed by atoms with Crippen molar-refractivity contribution in [2.24, 2.45) is 4.99 Å². The number of unbranched alkanes of at least 4 members (excludes halogenated alkanes) is 2. The molecule has 1 N–H and O–H groups in total. The van der Waals surface area contributed by atoms with Crippen LogP contribution in [0.1, 0.15) is 19.3 Å². The Labute approximate surface area is 187 Å². The van der Waals surface area contributed by atoms with Gasteiger partial charge in [0, 0.05) is 53.5 Å². The van der Waals surface area contributed by atoms with Gasteiger partial charge in [0.05, 0.1) is 17.8 Å². The third-order valence-electron chi connectivity index (χ3n) is 4.27. The van der Waals surface area contributed by atoms with Gasteiger partial charge < -0.3 is 24.6 Å². The molecule has 0 unspecified atom stereocenters. The van der Waals surface area contributed by atoms with Gasteiger partial charge in [-0.1, -0.05) is 0 Å². The second-order valence-corrected chi connectivity index (χ2v) is 6.88. The van der Waals surface area contributed by atoms with E-state index < -0.39 is 0 Å². The quantitative estimate of drug-likeness (QED) is 0.228. The second kappa shape index (κ2) is 13.3. The van der Waals surface area contributed by atoms with Gasteiger partial charge in [0.1, 0.15) is 0 Å². The van der Waals surface area contributed by atoms with Gasteiger partial charge in [-0.25, -0.2) is 4.98 Å². The van der Waals surface area contributed by atoms with E-state index in [9.17, 15) is 0 Å². The van der Waals surface area contributed by atoms with Crippen molar-refractivity contribution >= 4 is 51.8 Å². The van der Waals surface area contributed by atoms with Crippen LogP contribution in [0.5, 0.6) is 5.88 Å². The molecule has 1 saturated heterocycles. The molecule has 0 amide bonds. The predicted octanol–water partition coefficient (Wildman–Crippen LogP) is 2.38. The van der Waals surface area contributed by atoms with E-state index in [2.05, 4.69) is 46.0 Å². The highest BCUT2D eigenvalue weighted by Crippen LogP contribution is 2.23. The zero-order chi connectivity index (χ0) is 18.8. The Morgan fingerprint density at radius 3 is 2.59 bits per heavy atom. The van der Waals surface area contributed by atoms with Gasteiger partial charge in [-0.2, -0.15) is 4.98 Å². The molecule has 1 aliphatic rings. The molecule has 0 spiro atoms. The van der Waals surface area contributed by atoms with Gasteiger partial charge >= 0.3 is 0 Å². The fourth-order valence-electron chi connectivity index (χ4n) is 2.84. The topological polar surface area (TPSA) is 75.1 Å². The number of methoxy groups -OCH3 is 2. The minimum Gasteiger partial charge on any atom is -0.480 e. The summed E-state index contributed by atoms with van der Waals surface area (Å²) in [6.45, 7) is 5.22. The van der Waals surface area contributed by atoms with Crippen LogP contribution >= 0.6 is 39.9 Å². The number of piperazine rings is 1. The molecule has 1 aromatic rings. The smallest absolute Gasteiger partial charge is 0.232 e. The maximum atomic E-state index is 5.26. The molecule has 0 aliphatic carbocycles. The molecule has 2 rings (SSSR count). The number of ether oxygens (including phenoxy) is 2.